The Morgan fingerprint density at radius 3 is 2.78 bits per heavy atom. The molecule has 0 aliphatic carbocycles. The van der Waals surface area contributed by atoms with E-state index in [1.807, 2.05) is 31.2 Å². The quantitative estimate of drug-likeness (QED) is 0.831. The maximum Gasteiger partial charge on any atom is 0.345 e. The minimum absolute atomic E-state index is 0.391. The summed E-state index contributed by atoms with van der Waals surface area (Å²) in [7, 11) is 0. The van der Waals surface area contributed by atoms with Gasteiger partial charge in [-0.25, -0.2) is 4.79 Å². The summed E-state index contributed by atoms with van der Waals surface area (Å²) in [6, 6.07) is 9.40. The van der Waals surface area contributed by atoms with Crippen molar-refractivity contribution in [2.24, 2.45) is 0 Å². The van der Waals surface area contributed by atoms with E-state index in [0.717, 1.165) is 26.1 Å². The number of hydrogen-bond acceptors (Lipinski definition) is 3. The normalized spacial score (nSPS) is 10.6. The van der Waals surface area contributed by atoms with Gasteiger partial charge in [-0.05, 0) is 30.7 Å². The third kappa shape index (κ3) is 3.07. The number of rotatable bonds is 4. The molecule has 1 N–H and O–H groups in total. The maximum absolute atomic E-state index is 10.9. The number of benzene rings is 1. The third-order valence-corrected chi connectivity index (χ3v) is 5.10. The highest BCUT2D eigenvalue weighted by Crippen LogP contribution is 2.32. The van der Waals surface area contributed by atoms with Crippen LogP contribution in [-0.2, 0) is 5.75 Å². The van der Waals surface area contributed by atoms with Crippen molar-refractivity contribution < 1.29 is 9.90 Å². The van der Waals surface area contributed by atoms with Crippen LogP contribution in [-0.4, -0.2) is 11.1 Å². The first kappa shape index (κ1) is 13.5. The zero-order valence-electron chi connectivity index (χ0n) is 9.64. The first-order valence-electron chi connectivity index (χ1n) is 5.28. The van der Waals surface area contributed by atoms with Crippen LogP contribution in [0.3, 0.4) is 0 Å². The Bertz CT molecular complexity index is 578. The van der Waals surface area contributed by atoms with Gasteiger partial charge in [0, 0.05) is 15.5 Å². The lowest BCUT2D eigenvalue weighted by Gasteiger charge is -2.03. The minimum Gasteiger partial charge on any atom is -0.477 e. The molecule has 0 fully saturated rings. The Morgan fingerprint density at radius 2 is 2.17 bits per heavy atom. The number of aromatic carboxylic acids is 1. The zero-order valence-corrected chi connectivity index (χ0v) is 12.0. The van der Waals surface area contributed by atoms with Crippen LogP contribution >= 0.6 is 34.7 Å². The molecule has 0 bridgehead atoms. The number of carboxylic acids is 1. The van der Waals surface area contributed by atoms with Gasteiger partial charge in [0.1, 0.15) is 4.88 Å². The molecule has 5 heteroatoms. The fraction of sp³-hybridized carbons (Fsp3) is 0.154. The lowest BCUT2D eigenvalue weighted by atomic mass is 10.3. The van der Waals surface area contributed by atoms with Crippen molar-refractivity contribution in [2.45, 2.75) is 17.6 Å². The first-order valence-corrected chi connectivity index (χ1v) is 7.46. The van der Waals surface area contributed by atoms with Crippen molar-refractivity contribution in [3.05, 3.63) is 50.7 Å². The van der Waals surface area contributed by atoms with Crippen molar-refractivity contribution in [1.82, 2.24) is 0 Å². The number of carboxylic acid groups (broad SMARTS) is 1. The molecule has 0 atom stereocenters. The highest BCUT2D eigenvalue weighted by atomic mass is 35.5. The molecule has 0 radical (unpaired) electrons. The first-order chi connectivity index (χ1) is 8.58. The summed E-state index contributed by atoms with van der Waals surface area (Å²) in [6.45, 7) is 1.94. The molecule has 0 spiro atoms. The molecule has 94 valence electrons. The second kappa shape index (κ2) is 5.78. The molecule has 0 aliphatic rings. The van der Waals surface area contributed by atoms with Gasteiger partial charge in [0.2, 0.25) is 0 Å². The van der Waals surface area contributed by atoms with Gasteiger partial charge in [-0.15, -0.1) is 23.1 Å². The summed E-state index contributed by atoms with van der Waals surface area (Å²) in [4.78, 5) is 13.3. The summed E-state index contributed by atoms with van der Waals surface area (Å²) < 4.78 is 0. The molecule has 2 aromatic rings. The average molecular weight is 299 g/mol. The fourth-order valence-electron chi connectivity index (χ4n) is 1.49. The van der Waals surface area contributed by atoms with Crippen molar-refractivity contribution >= 4 is 40.7 Å². The second-order valence-electron chi connectivity index (χ2n) is 3.72. The van der Waals surface area contributed by atoms with E-state index in [0.29, 0.717) is 4.88 Å². The molecule has 0 amide bonds. The second-order valence-corrected chi connectivity index (χ2v) is 6.40. The van der Waals surface area contributed by atoms with Gasteiger partial charge in [-0.3, -0.25) is 0 Å². The Kier molecular flexibility index (Phi) is 4.32. The van der Waals surface area contributed by atoms with Crippen LogP contribution in [0.2, 0.25) is 5.02 Å². The van der Waals surface area contributed by atoms with E-state index in [-0.39, 0.29) is 0 Å². The smallest absolute Gasteiger partial charge is 0.345 e. The lowest BCUT2D eigenvalue weighted by Crippen LogP contribution is -1.90. The summed E-state index contributed by atoms with van der Waals surface area (Å²) in [5.74, 6) is -0.128. The standard InChI is InChI=1S/C13H11ClO2S2/c1-8-9(6-12(18-8)13(15)16)7-17-11-5-3-2-4-10(11)14/h2-6H,7H2,1H3,(H,15,16). The van der Waals surface area contributed by atoms with Crippen LogP contribution in [0.25, 0.3) is 0 Å². The van der Waals surface area contributed by atoms with Gasteiger partial charge in [0.25, 0.3) is 0 Å². The van der Waals surface area contributed by atoms with Crippen molar-refractivity contribution in [3.63, 3.8) is 0 Å². The van der Waals surface area contributed by atoms with Crippen LogP contribution in [0.5, 0.6) is 0 Å². The summed E-state index contributed by atoms with van der Waals surface area (Å²) >= 11 is 9.01. The van der Waals surface area contributed by atoms with E-state index in [1.54, 1.807) is 17.8 Å². The summed E-state index contributed by atoms with van der Waals surface area (Å²) in [5, 5.41) is 9.66. The number of hydrogen-bond donors (Lipinski definition) is 1. The van der Waals surface area contributed by atoms with Gasteiger partial charge in [-0.1, -0.05) is 23.7 Å². The number of thioether (sulfide) groups is 1. The van der Waals surface area contributed by atoms with Gasteiger partial charge >= 0.3 is 5.97 Å². The number of thiophene rings is 1. The molecule has 2 rings (SSSR count). The zero-order chi connectivity index (χ0) is 13.1. The van der Waals surface area contributed by atoms with E-state index < -0.39 is 5.97 Å². The largest absolute Gasteiger partial charge is 0.477 e. The highest BCUT2D eigenvalue weighted by Gasteiger charge is 2.11. The molecule has 1 aromatic carbocycles. The molecular formula is C13H11ClO2S2. The number of carbonyl (C=O) groups is 1. The van der Waals surface area contributed by atoms with Crippen molar-refractivity contribution in [2.75, 3.05) is 0 Å². The van der Waals surface area contributed by atoms with Gasteiger partial charge in [0.05, 0.1) is 5.02 Å². The van der Waals surface area contributed by atoms with Gasteiger partial charge < -0.3 is 5.11 Å². The van der Waals surface area contributed by atoms with E-state index in [9.17, 15) is 4.79 Å². The summed E-state index contributed by atoms with van der Waals surface area (Å²) in [6.07, 6.45) is 0. The Balaban J connectivity index is 2.11. The molecule has 18 heavy (non-hydrogen) atoms. The Hall–Kier alpha value is -0.970. The van der Waals surface area contributed by atoms with Crippen LogP contribution in [0.1, 0.15) is 20.1 Å². The van der Waals surface area contributed by atoms with Gasteiger partial charge in [-0.2, -0.15) is 0 Å². The van der Waals surface area contributed by atoms with Crippen LogP contribution in [0, 0.1) is 6.92 Å². The van der Waals surface area contributed by atoms with E-state index in [4.69, 9.17) is 16.7 Å². The highest BCUT2D eigenvalue weighted by molar-refractivity contribution is 7.98. The maximum atomic E-state index is 10.9. The number of halogens is 1. The van der Waals surface area contributed by atoms with E-state index in [2.05, 4.69) is 0 Å². The summed E-state index contributed by atoms with van der Waals surface area (Å²) in [5.41, 5.74) is 1.06. The predicted octanol–water partition coefficient (Wildman–Crippen LogP) is 4.70. The molecular weight excluding hydrogens is 288 g/mol. The third-order valence-electron chi connectivity index (χ3n) is 2.45. The Morgan fingerprint density at radius 1 is 1.44 bits per heavy atom. The van der Waals surface area contributed by atoms with Gasteiger partial charge in [0.15, 0.2) is 0 Å². The number of aryl methyl sites for hydroxylation is 1. The van der Waals surface area contributed by atoms with E-state index in [1.165, 1.54) is 11.3 Å². The monoisotopic (exact) mass is 298 g/mol. The topological polar surface area (TPSA) is 37.3 Å². The molecule has 1 heterocycles. The molecule has 0 saturated heterocycles. The van der Waals surface area contributed by atoms with Crippen LogP contribution < -0.4 is 0 Å². The van der Waals surface area contributed by atoms with E-state index >= 15 is 0 Å². The average Bonchev–Trinajstić information content (AvgIpc) is 2.70. The SMILES string of the molecule is Cc1sc(C(=O)O)cc1CSc1ccccc1Cl. The van der Waals surface area contributed by atoms with Crippen molar-refractivity contribution in [1.29, 1.82) is 0 Å². The molecule has 0 unspecified atom stereocenters. The van der Waals surface area contributed by atoms with Crippen LogP contribution in [0.15, 0.2) is 35.2 Å². The predicted molar refractivity (Wildman–Crippen MR) is 77.0 cm³/mol. The van der Waals surface area contributed by atoms with Crippen LogP contribution in [0.4, 0.5) is 0 Å². The fourth-order valence-corrected chi connectivity index (χ4v) is 3.75. The minimum atomic E-state index is -0.864. The molecule has 2 nitrogen and oxygen atoms in total. The molecule has 0 saturated carbocycles. The lowest BCUT2D eigenvalue weighted by molar-refractivity contribution is 0.0702. The molecule has 1 aromatic heterocycles. The molecule has 0 aliphatic heterocycles. The Labute approximate surface area is 119 Å². The van der Waals surface area contributed by atoms with Crippen molar-refractivity contribution in [3.8, 4) is 0 Å².